The molecule has 2 atom stereocenters. The molecule has 1 aliphatic rings. The quantitative estimate of drug-likeness (QED) is 0.894. The molecule has 0 aromatic heterocycles. The average Bonchev–Trinajstić information content (AvgIpc) is 2.94. The predicted octanol–water partition coefficient (Wildman–Crippen LogP) is 1.96. The minimum Gasteiger partial charge on any atom is -0.480 e. The van der Waals surface area contributed by atoms with Crippen molar-refractivity contribution in [2.24, 2.45) is 11.7 Å². The highest BCUT2D eigenvalue weighted by molar-refractivity contribution is 5.81. The molecule has 110 valence electrons. The number of para-hydroxylation sites is 1. The molecule has 0 saturated carbocycles. The van der Waals surface area contributed by atoms with Crippen molar-refractivity contribution in [3.63, 3.8) is 0 Å². The third kappa shape index (κ3) is 3.31. The first-order valence-corrected chi connectivity index (χ1v) is 7.36. The van der Waals surface area contributed by atoms with Gasteiger partial charge in [0, 0.05) is 13.1 Å². The number of carbonyl (C=O) groups excluding carboxylic acids is 1. The van der Waals surface area contributed by atoms with Crippen LogP contribution in [0.2, 0.25) is 0 Å². The number of hydrogen-bond acceptors (Lipinski definition) is 3. The van der Waals surface area contributed by atoms with Crippen molar-refractivity contribution >= 4 is 5.91 Å². The molecule has 1 aliphatic heterocycles. The minimum absolute atomic E-state index is 0.0895. The van der Waals surface area contributed by atoms with Crippen molar-refractivity contribution in [2.45, 2.75) is 32.8 Å². The van der Waals surface area contributed by atoms with Crippen LogP contribution in [0.4, 0.5) is 0 Å². The lowest BCUT2D eigenvalue weighted by Crippen LogP contribution is -2.40. The third-order valence-electron chi connectivity index (χ3n) is 3.94. The molecule has 4 heteroatoms. The van der Waals surface area contributed by atoms with Crippen LogP contribution in [0.15, 0.2) is 24.3 Å². The molecule has 2 rings (SSSR count). The highest BCUT2D eigenvalue weighted by Crippen LogP contribution is 2.22. The Morgan fingerprint density at radius 2 is 2.25 bits per heavy atom. The summed E-state index contributed by atoms with van der Waals surface area (Å²) in [5, 5.41) is 0. The van der Waals surface area contributed by atoms with Crippen molar-refractivity contribution in [1.29, 1.82) is 0 Å². The molecule has 1 saturated heterocycles. The Labute approximate surface area is 120 Å². The predicted molar refractivity (Wildman–Crippen MR) is 79.6 cm³/mol. The molecule has 2 N–H and O–H groups in total. The summed E-state index contributed by atoms with van der Waals surface area (Å²) in [4.78, 5) is 14.4. The van der Waals surface area contributed by atoms with E-state index < -0.39 is 6.10 Å². The van der Waals surface area contributed by atoms with Gasteiger partial charge in [-0.2, -0.15) is 0 Å². The number of hydrogen-bond donors (Lipinski definition) is 1. The molecule has 0 unspecified atom stereocenters. The van der Waals surface area contributed by atoms with E-state index in [4.69, 9.17) is 10.5 Å². The Balaban J connectivity index is 2.01. The molecule has 4 nitrogen and oxygen atoms in total. The van der Waals surface area contributed by atoms with Gasteiger partial charge in [0.15, 0.2) is 6.10 Å². The van der Waals surface area contributed by atoms with Gasteiger partial charge in [-0.05, 0) is 43.9 Å². The van der Waals surface area contributed by atoms with E-state index in [1.165, 1.54) is 0 Å². The van der Waals surface area contributed by atoms with E-state index in [0.29, 0.717) is 18.9 Å². The zero-order valence-corrected chi connectivity index (χ0v) is 12.3. The molecule has 1 aromatic rings. The van der Waals surface area contributed by atoms with Gasteiger partial charge >= 0.3 is 0 Å². The van der Waals surface area contributed by atoms with Crippen molar-refractivity contribution in [1.82, 2.24) is 4.90 Å². The van der Waals surface area contributed by atoms with Crippen LogP contribution in [0.25, 0.3) is 0 Å². The zero-order valence-electron chi connectivity index (χ0n) is 12.3. The number of ether oxygens (including phenoxy) is 1. The topological polar surface area (TPSA) is 55.6 Å². The molecule has 1 fully saturated rings. The van der Waals surface area contributed by atoms with Crippen LogP contribution < -0.4 is 10.5 Å². The SMILES string of the molecule is CC[C@H](Oc1ccccc1C)C(=O)N1CC[C@@H](CN)C1. The van der Waals surface area contributed by atoms with E-state index in [9.17, 15) is 4.79 Å². The highest BCUT2D eigenvalue weighted by atomic mass is 16.5. The minimum atomic E-state index is -0.396. The lowest BCUT2D eigenvalue weighted by Gasteiger charge is -2.24. The van der Waals surface area contributed by atoms with Gasteiger partial charge in [0.1, 0.15) is 5.75 Å². The molecule has 1 aromatic carbocycles. The molecule has 1 amide bonds. The Bertz CT molecular complexity index is 462. The van der Waals surface area contributed by atoms with E-state index in [1.54, 1.807) is 0 Å². The number of aryl methyl sites for hydroxylation is 1. The van der Waals surface area contributed by atoms with Gasteiger partial charge in [-0.15, -0.1) is 0 Å². The number of nitrogens with zero attached hydrogens (tertiary/aromatic N) is 1. The third-order valence-corrected chi connectivity index (χ3v) is 3.94. The highest BCUT2D eigenvalue weighted by Gasteiger charge is 2.30. The van der Waals surface area contributed by atoms with E-state index in [1.807, 2.05) is 43.0 Å². The summed E-state index contributed by atoms with van der Waals surface area (Å²) in [6, 6.07) is 7.81. The molecule has 1 heterocycles. The molecule has 0 spiro atoms. The molecular formula is C16H24N2O2. The van der Waals surface area contributed by atoms with Gasteiger partial charge in [-0.1, -0.05) is 25.1 Å². The maximum atomic E-state index is 12.5. The Kier molecular flexibility index (Phi) is 5.01. The number of likely N-dealkylation sites (tertiary alicyclic amines) is 1. The maximum absolute atomic E-state index is 12.5. The van der Waals surface area contributed by atoms with E-state index in [0.717, 1.165) is 30.8 Å². The van der Waals surface area contributed by atoms with Gasteiger partial charge in [-0.25, -0.2) is 0 Å². The summed E-state index contributed by atoms with van der Waals surface area (Å²) in [6.07, 6.45) is 1.28. The van der Waals surface area contributed by atoms with Gasteiger partial charge in [0.2, 0.25) is 0 Å². The summed E-state index contributed by atoms with van der Waals surface area (Å²) < 4.78 is 5.92. The molecule has 20 heavy (non-hydrogen) atoms. The first-order chi connectivity index (χ1) is 9.65. The van der Waals surface area contributed by atoms with E-state index >= 15 is 0 Å². The zero-order chi connectivity index (χ0) is 14.5. The normalized spacial score (nSPS) is 19.9. The largest absolute Gasteiger partial charge is 0.480 e. The Hall–Kier alpha value is -1.55. The van der Waals surface area contributed by atoms with Crippen molar-refractivity contribution in [3.05, 3.63) is 29.8 Å². The molecule has 0 radical (unpaired) electrons. The Morgan fingerprint density at radius 3 is 2.85 bits per heavy atom. The molecule has 0 bridgehead atoms. The fourth-order valence-corrected chi connectivity index (χ4v) is 2.58. The Morgan fingerprint density at radius 1 is 1.50 bits per heavy atom. The summed E-state index contributed by atoms with van der Waals surface area (Å²) in [5.74, 6) is 1.32. The smallest absolute Gasteiger partial charge is 0.263 e. The van der Waals surface area contributed by atoms with Crippen LogP contribution in [0, 0.1) is 12.8 Å². The summed E-state index contributed by atoms with van der Waals surface area (Å²) >= 11 is 0. The second-order valence-corrected chi connectivity index (χ2v) is 5.45. The standard InChI is InChI=1S/C16H24N2O2/c1-3-14(20-15-7-5-4-6-12(15)2)16(19)18-9-8-13(10-17)11-18/h4-7,13-14H,3,8-11,17H2,1-2H3/t13-,14-/m0/s1. The average molecular weight is 276 g/mol. The van der Waals surface area contributed by atoms with Gasteiger partial charge in [0.25, 0.3) is 5.91 Å². The summed E-state index contributed by atoms with van der Waals surface area (Å²) in [6.45, 7) is 6.20. The van der Waals surface area contributed by atoms with Crippen LogP contribution in [0.3, 0.4) is 0 Å². The lowest BCUT2D eigenvalue weighted by molar-refractivity contribution is -0.137. The second kappa shape index (κ2) is 6.75. The van der Waals surface area contributed by atoms with Crippen LogP contribution in [-0.2, 0) is 4.79 Å². The van der Waals surface area contributed by atoms with Crippen molar-refractivity contribution in [2.75, 3.05) is 19.6 Å². The lowest BCUT2D eigenvalue weighted by atomic mass is 10.1. The molecular weight excluding hydrogens is 252 g/mol. The van der Waals surface area contributed by atoms with Gasteiger partial charge < -0.3 is 15.4 Å². The fourth-order valence-electron chi connectivity index (χ4n) is 2.58. The first kappa shape index (κ1) is 14.9. The number of amides is 1. The monoisotopic (exact) mass is 276 g/mol. The second-order valence-electron chi connectivity index (χ2n) is 5.45. The van der Waals surface area contributed by atoms with Crippen LogP contribution in [-0.4, -0.2) is 36.5 Å². The fraction of sp³-hybridized carbons (Fsp3) is 0.562. The summed E-state index contributed by atoms with van der Waals surface area (Å²) in [5.41, 5.74) is 6.73. The van der Waals surface area contributed by atoms with Crippen molar-refractivity contribution < 1.29 is 9.53 Å². The van der Waals surface area contributed by atoms with E-state index in [2.05, 4.69) is 0 Å². The van der Waals surface area contributed by atoms with Crippen LogP contribution in [0.1, 0.15) is 25.3 Å². The first-order valence-electron chi connectivity index (χ1n) is 7.36. The molecule has 0 aliphatic carbocycles. The number of rotatable bonds is 5. The maximum Gasteiger partial charge on any atom is 0.263 e. The van der Waals surface area contributed by atoms with Gasteiger partial charge in [0.05, 0.1) is 0 Å². The van der Waals surface area contributed by atoms with Gasteiger partial charge in [-0.3, -0.25) is 4.79 Å². The summed E-state index contributed by atoms with van der Waals surface area (Å²) in [7, 11) is 0. The number of carbonyl (C=O) groups is 1. The van der Waals surface area contributed by atoms with Crippen molar-refractivity contribution in [3.8, 4) is 5.75 Å². The number of nitrogens with two attached hydrogens (primary N) is 1. The number of benzene rings is 1. The van der Waals surface area contributed by atoms with Crippen LogP contribution >= 0.6 is 0 Å². The van der Waals surface area contributed by atoms with Crippen LogP contribution in [0.5, 0.6) is 5.75 Å². The van der Waals surface area contributed by atoms with E-state index in [-0.39, 0.29) is 5.91 Å².